The molecule has 0 spiro atoms. The number of rotatable bonds is 8. The molecule has 154 valence electrons. The van der Waals surface area contributed by atoms with Crippen LogP contribution in [0.25, 0.3) is 0 Å². The Hall–Kier alpha value is 2.35. The number of aromatic hydroxyl groups is 1. The summed E-state index contributed by atoms with van der Waals surface area (Å²) in [7, 11) is -17.4. The predicted octanol–water partition coefficient (Wildman–Crippen LogP) is -9.96. The second-order valence-electron chi connectivity index (χ2n) is 5.38. The van der Waals surface area contributed by atoms with Crippen LogP contribution in [0.15, 0.2) is 24.3 Å². The first-order valence-corrected chi connectivity index (χ1v) is 11.5. The summed E-state index contributed by atoms with van der Waals surface area (Å²) in [4.78, 5) is 41.2. The summed E-state index contributed by atoms with van der Waals surface area (Å²) in [5.41, 5.74) is 0.586. The van der Waals surface area contributed by atoms with Crippen LogP contribution in [0.5, 0.6) is 5.75 Å². The molecule has 0 saturated carbocycles. The summed E-state index contributed by atoms with van der Waals surface area (Å²) in [5, 5.41) is 19.2. The summed E-state index contributed by atoms with van der Waals surface area (Å²) < 4.78 is 49.2. The molecule has 0 radical (unpaired) electrons. The number of phosphoric ester groups is 1. The second-order valence-corrected chi connectivity index (χ2v) is 9.67. The number of aliphatic hydroxyl groups excluding tert-OH is 1. The molecule has 1 aromatic rings. The number of hydrogen-bond donors (Lipinski definition) is 3. The van der Waals surface area contributed by atoms with Gasteiger partial charge in [-0.05, 0) is 17.7 Å². The number of aliphatic hydroxyl groups is 1. The number of ether oxygens (including phenoxy) is 1. The first-order chi connectivity index (χ1) is 12.3. The van der Waals surface area contributed by atoms with E-state index in [1.54, 1.807) is 0 Å². The smallest absolute Gasteiger partial charge is 0.756 e. The zero-order chi connectivity index (χ0) is 20.5. The van der Waals surface area contributed by atoms with Gasteiger partial charge in [0.1, 0.15) is 11.9 Å². The fraction of sp³-hybridized carbons (Fsp3) is 0.455. The predicted molar refractivity (Wildman–Crippen MR) is 79.5 cm³/mol. The zero-order valence-corrected chi connectivity index (χ0v) is 24.9. The van der Waals surface area contributed by atoms with Crippen LogP contribution < -0.4 is 103 Å². The molecule has 3 N–H and O–H groups in total. The van der Waals surface area contributed by atoms with Gasteiger partial charge in [0.15, 0.2) is 0 Å². The van der Waals surface area contributed by atoms with Crippen molar-refractivity contribution in [1.29, 1.82) is 0 Å². The van der Waals surface area contributed by atoms with E-state index >= 15 is 0 Å². The van der Waals surface area contributed by atoms with Crippen molar-refractivity contribution < 1.29 is 150 Å². The van der Waals surface area contributed by atoms with E-state index in [0.717, 1.165) is 0 Å². The maximum atomic E-state index is 11.5. The maximum Gasteiger partial charge on any atom is 1.00 e. The fourth-order valence-electron chi connectivity index (χ4n) is 2.23. The Bertz CT molecular complexity index is 803. The van der Waals surface area contributed by atoms with E-state index in [1.807, 2.05) is 0 Å². The van der Waals surface area contributed by atoms with Gasteiger partial charge in [0.05, 0.1) is 18.8 Å². The molecule has 0 amide bonds. The Morgan fingerprint density at radius 1 is 1.00 bits per heavy atom. The molecule has 2 rings (SSSR count). The minimum Gasteiger partial charge on any atom is -0.756 e. The number of hydrogen-bond acceptors (Lipinski definition) is 12. The van der Waals surface area contributed by atoms with Gasteiger partial charge >= 0.3 is 88.7 Å². The molecule has 30 heavy (non-hydrogen) atoms. The van der Waals surface area contributed by atoms with Crippen molar-refractivity contribution in [2.45, 2.75) is 24.7 Å². The molecule has 1 aliphatic heterocycles. The molecule has 1 saturated heterocycles. The van der Waals surface area contributed by atoms with Crippen LogP contribution in [-0.4, -0.2) is 33.9 Å². The average molecular weight is 516 g/mol. The minimum absolute atomic E-state index is 0. The molecule has 0 bridgehead atoms. The molecule has 19 heteroatoms. The van der Waals surface area contributed by atoms with E-state index in [0.29, 0.717) is 5.56 Å². The largest absolute Gasteiger partial charge is 1.00 e. The van der Waals surface area contributed by atoms with Crippen molar-refractivity contribution >= 4 is 23.5 Å². The number of phenols is 1. The van der Waals surface area contributed by atoms with Crippen LogP contribution in [0.2, 0.25) is 0 Å². The van der Waals surface area contributed by atoms with Crippen molar-refractivity contribution in [2.75, 3.05) is 6.61 Å². The summed E-state index contributed by atoms with van der Waals surface area (Å²) >= 11 is 0. The molecule has 1 aliphatic rings. The Balaban J connectivity index is 0. The van der Waals surface area contributed by atoms with Crippen molar-refractivity contribution in [3.63, 3.8) is 0 Å². The molecule has 13 nitrogen and oxygen atoms in total. The van der Waals surface area contributed by atoms with Gasteiger partial charge in [-0.1, -0.05) is 12.1 Å². The minimum atomic E-state index is -5.98. The van der Waals surface area contributed by atoms with Gasteiger partial charge in [0.2, 0.25) is 0 Å². The molecule has 1 fully saturated rings. The monoisotopic (exact) mass is 516 g/mol. The maximum absolute atomic E-state index is 11.5. The van der Waals surface area contributed by atoms with E-state index in [9.17, 15) is 38.6 Å². The Morgan fingerprint density at radius 2 is 1.53 bits per heavy atom. The topological polar surface area (TPSA) is 218 Å². The summed E-state index contributed by atoms with van der Waals surface area (Å²) in [5.74, 6) is 0.0105. The van der Waals surface area contributed by atoms with Gasteiger partial charge in [-0.3, -0.25) is 13.7 Å². The van der Waals surface area contributed by atoms with Gasteiger partial charge in [0.25, 0.3) is 23.5 Å². The van der Waals surface area contributed by atoms with Gasteiger partial charge in [-0.2, -0.15) is 0 Å². The third-order valence-electron chi connectivity index (χ3n) is 3.29. The quantitative estimate of drug-likeness (QED) is 0.216. The molecule has 0 aliphatic carbocycles. The molecule has 1 aromatic carbocycles. The van der Waals surface area contributed by atoms with Crippen LogP contribution in [-0.2, 0) is 31.6 Å². The number of phenolic OH excluding ortho intramolecular Hbond substituents is 1. The van der Waals surface area contributed by atoms with E-state index in [1.165, 1.54) is 24.3 Å². The number of phosphoric acid groups is 3. The molecule has 6 atom stereocenters. The summed E-state index contributed by atoms with van der Waals surface area (Å²) in [6, 6.07) is 5.82. The van der Waals surface area contributed by atoms with Gasteiger partial charge < -0.3 is 39.0 Å². The van der Waals surface area contributed by atoms with Crippen LogP contribution in [0.4, 0.5) is 0 Å². The average Bonchev–Trinajstić information content (AvgIpc) is 2.83. The standard InChI is InChI=1S/C11H17O13P3.3Na/c12-8-3-1-7(2-4-8)10-5-9(13)11(22-10)6-21-26(17,18)24-27(19,20)23-25(14,15)16;;;/h1-4,9-13H,5-6H2,(H,17,18)(H,19,20)(H2,14,15,16);;;/q;3*+1/p-3/t9-,10+,11+;;;/m0.../s1. The first kappa shape index (κ1) is 34.5. The summed E-state index contributed by atoms with van der Waals surface area (Å²) in [6.07, 6.45) is -2.92. The SMILES string of the molecule is O=P([O-])(O)OP(=O)([O-])OP(=O)([O-])OC[C@H]1O[C@@H](c2ccc(O)cc2)C[C@@H]1O.[Na+].[Na+].[Na+]. The third kappa shape index (κ3) is 12.2. The molecular weight excluding hydrogens is 502 g/mol. The fourth-order valence-corrected chi connectivity index (χ4v) is 5.13. The second kappa shape index (κ2) is 14.0. The zero-order valence-electron chi connectivity index (χ0n) is 16.2. The first-order valence-electron chi connectivity index (χ1n) is 7.12. The Labute approximate surface area is 237 Å². The van der Waals surface area contributed by atoms with E-state index in [4.69, 9.17) is 9.63 Å². The number of benzene rings is 1. The Kier molecular flexibility index (Phi) is 16.2. The van der Waals surface area contributed by atoms with E-state index < -0.39 is 48.4 Å². The Morgan fingerprint density at radius 3 is 2.03 bits per heavy atom. The normalized spacial score (nSPS) is 26.6. The molecular formula is C11H14Na3O13P3. The van der Waals surface area contributed by atoms with Crippen molar-refractivity contribution in [2.24, 2.45) is 0 Å². The van der Waals surface area contributed by atoms with Gasteiger partial charge in [-0.15, -0.1) is 0 Å². The summed E-state index contributed by atoms with van der Waals surface area (Å²) in [6.45, 7) is -0.843. The van der Waals surface area contributed by atoms with Crippen molar-refractivity contribution in [3.05, 3.63) is 29.8 Å². The molecule has 1 heterocycles. The van der Waals surface area contributed by atoms with Crippen LogP contribution in [0.3, 0.4) is 0 Å². The van der Waals surface area contributed by atoms with Crippen LogP contribution >= 0.6 is 23.5 Å². The van der Waals surface area contributed by atoms with Crippen molar-refractivity contribution in [1.82, 2.24) is 0 Å². The van der Waals surface area contributed by atoms with E-state index in [-0.39, 0.29) is 101 Å². The molecule has 0 aromatic heterocycles. The van der Waals surface area contributed by atoms with Gasteiger partial charge in [0, 0.05) is 6.42 Å². The third-order valence-corrected chi connectivity index (χ3v) is 6.98. The van der Waals surface area contributed by atoms with Crippen LogP contribution in [0.1, 0.15) is 18.1 Å². The van der Waals surface area contributed by atoms with E-state index in [2.05, 4.69) is 13.1 Å². The van der Waals surface area contributed by atoms with Gasteiger partial charge in [-0.25, -0.2) is 8.62 Å². The van der Waals surface area contributed by atoms with Crippen LogP contribution in [0, 0.1) is 0 Å². The van der Waals surface area contributed by atoms with Crippen molar-refractivity contribution in [3.8, 4) is 5.75 Å². The molecule has 3 unspecified atom stereocenters.